The number of ether oxygens (including phenoxy) is 2. The van der Waals surface area contributed by atoms with Gasteiger partial charge in [-0.2, -0.15) is 5.26 Å². The minimum absolute atomic E-state index is 0.304. The van der Waals surface area contributed by atoms with Crippen molar-refractivity contribution in [1.82, 2.24) is 0 Å². The number of nitrogens with one attached hydrogen (secondary N) is 1. The van der Waals surface area contributed by atoms with Crippen LogP contribution in [0.1, 0.15) is 28.4 Å². The molecule has 1 N–H and O–H groups in total. The Morgan fingerprint density at radius 3 is 2.57 bits per heavy atom. The van der Waals surface area contributed by atoms with Crippen LogP contribution in [-0.4, -0.2) is 12.5 Å². The molecule has 5 heteroatoms. The molecular weight excluding hydrogens is 352 g/mol. The Morgan fingerprint density at radius 1 is 1.00 bits per heavy atom. The fraction of sp³-hybridized carbons (Fsp3) is 0.130. The van der Waals surface area contributed by atoms with Crippen molar-refractivity contribution in [1.29, 1.82) is 5.26 Å². The molecule has 3 rings (SSSR count). The molecule has 140 valence electrons. The van der Waals surface area contributed by atoms with Crippen LogP contribution in [0.2, 0.25) is 0 Å². The maximum absolute atomic E-state index is 12.7. The molecule has 0 saturated heterocycles. The molecule has 0 aliphatic rings. The Kier molecular flexibility index (Phi) is 6.27. The van der Waals surface area contributed by atoms with E-state index in [0.717, 1.165) is 5.56 Å². The van der Waals surface area contributed by atoms with Crippen molar-refractivity contribution in [2.24, 2.45) is 0 Å². The van der Waals surface area contributed by atoms with Crippen molar-refractivity contribution in [3.63, 3.8) is 0 Å². The van der Waals surface area contributed by atoms with Crippen LogP contribution in [0, 0.1) is 11.3 Å². The molecule has 3 aromatic carbocycles. The minimum Gasteiger partial charge on any atom is -0.492 e. The third kappa shape index (κ3) is 4.89. The Balaban J connectivity index is 1.74. The fourth-order valence-electron chi connectivity index (χ4n) is 2.64. The number of anilines is 1. The molecule has 0 radical (unpaired) electrons. The van der Waals surface area contributed by atoms with Gasteiger partial charge in [-0.3, -0.25) is 4.79 Å². The zero-order chi connectivity index (χ0) is 19.8. The van der Waals surface area contributed by atoms with E-state index in [1.165, 1.54) is 0 Å². The van der Waals surface area contributed by atoms with Gasteiger partial charge >= 0.3 is 0 Å². The van der Waals surface area contributed by atoms with E-state index in [9.17, 15) is 4.79 Å². The molecule has 0 heterocycles. The summed E-state index contributed by atoms with van der Waals surface area (Å²) in [5, 5.41) is 11.9. The van der Waals surface area contributed by atoms with Gasteiger partial charge in [-0.05, 0) is 48.9 Å². The molecule has 1 amide bonds. The summed E-state index contributed by atoms with van der Waals surface area (Å²) < 4.78 is 11.3. The van der Waals surface area contributed by atoms with E-state index in [1.807, 2.05) is 43.3 Å². The zero-order valence-corrected chi connectivity index (χ0v) is 15.5. The van der Waals surface area contributed by atoms with Crippen LogP contribution < -0.4 is 14.8 Å². The number of nitriles is 1. The van der Waals surface area contributed by atoms with Crippen molar-refractivity contribution < 1.29 is 14.3 Å². The molecule has 5 nitrogen and oxygen atoms in total. The topological polar surface area (TPSA) is 71.3 Å². The average Bonchev–Trinajstić information content (AvgIpc) is 2.74. The molecule has 0 aliphatic carbocycles. The molecular formula is C23H20N2O3. The lowest BCUT2D eigenvalue weighted by Crippen LogP contribution is -2.13. The second-order valence-electron chi connectivity index (χ2n) is 6.01. The molecule has 28 heavy (non-hydrogen) atoms. The lowest BCUT2D eigenvalue weighted by atomic mass is 10.1. The molecule has 0 unspecified atom stereocenters. The normalized spacial score (nSPS) is 10.0. The van der Waals surface area contributed by atoms with Crippen molar-refractivity contribution in [2.45, 2.75) is 13.5 Å². The maximum atomic E-state index is 12.7. The minimum atomic E-state index is -0.304. The van der Waals surface area contributed by atoms with Crippen LogP contribution in [-0.2, 0) is 6.61 Å². The van der Waals surface area contributed by atoms with Gasteiger partial charge in [-0.25, -0.2) is 0 Å². The van der Waals surface area contributed by atoms with Gasteiger partial charge in [-0.1, -0.05) is 36.4 Å². The van der Waals surface area contributed by atoms with Crippen molar-refractivity contribution in [2.75, 3.05) is 11.9 Å². The van der Waals surface area contributed by atoms with Gasteiger partial charge in [0.1, 0.15) is 18.1 Å². The van der Waals surface area contributed by atoms with Crippen molar-refractivity contribution in [3.8, 4) is 17.6 Å². The highest BCUT2D eigenvalue weighted by atomic mass is 16.5. The van der Waals surface area contributed by atoms with Gasteiger partial charge in [0, 0.05) is 5.56 Å². The second-order valence-corrected chi connectivity index (χ2v) is 6.01. The van der Waals surface area contributed by atoms with Gasteiger partial charge < -0.3 is 14.8 Å². The lowest BCUT2D eigenvalue weighted by Gasteiger charge is -2.12. The molecule has 0 spiro atoms. The SMILES string of the molecule is CCOc1ccc(C#N)cc1NC(=O)c1cccc(OCc2ccccc2)c1. The summed E-state index contributed by atoms with van der Waals surface area (Å²) in [5.74, 6) is 0.819. The summed E-state index contributed by atoms with van der Waals surface area (Å²) in [6.07, 6.45) is 0. The van der Waals surface area contributed by atoms with Crippen LogP contribution >= 0.6 is 0 Å². The Labute approximate surface area is 164 Å². The van der Waals surface area contributed by atoms with Gasteiger partial charge in [0.05, 0.1) is 23.9 Å². The molecule has 0 saturated carbocycles. The first-order chi connectivity index (χ1) is 13.7. The summed E-state index contributed by atoms with van der Waals surface area (Å²) in [7, 11) is 0. The van der Waals surface area contributed by atoms with Crippen LogP contribution in [0.3, 0.4) is 0 Å². The van der Waals surface area contributed by atoms with Gasteiger partial charge in [0.25, 0.3) is 5.91 Å². The number of carbonyl (C=O) groups is 1. The lowest BCUT2D eigenvalue weighted by molar-refractivity contribution is 0.102. The van der Waals surface area contributed by atoms with Crippen LogP contribution in [0.4, 0.5) is 5.69 Å². The summed E-state index contributed by atoms with van der Waals surface area (Å²) in [6.45, 7) is 2.74. The standard InChI is InChI=1S/C23H20N2O3/c1-2-27-22-12-11-18(15-24)13-21(22)25-23(26)19-9-6-10-20(14-19)28-16-17-7-4-3-5-8-17/h3-14H,2,16H2,1H3,(H,25,26). The number of benzene rings is 3. The van der Waals surface area contributed by atoms with Gasteiger partial charge in [0.15, 0.2) is 0 Å². The van der Waals surface area contributed by atoms with Crippen LogP contribution in [0.15, 0.2) is 72.8 Å². The Morgan fingerprint density at radius 2 is 1.82 bits per heavy atom. The molecule has 0 aliphatic heterocycles. The predicted octanol–water partition coefficient (Wildman–Crippen LogP) is 4.79. The summed E-state index contributed by atoms with van der Waals surface area (Å²) >= 11 is 0. The second kappa shape index (κ2) is 9.24. The van der Waals surface area contributed by atoms with E-state index in [1.54, 1.807) is 36.4 Å². The average molecular weight is 372 g/mol. The number of amides is 1. The first kappa shape index (κ1) is 19.0. The first-order valence-corrected chi connectivity index (χ1v) is 8.94. The molecule has 0 aromatic heterocycles. The highest BCUT2D eigenvalue weighted by molar-refractivity contribution is 6.05. The third-order valence-electron chi connectivity index (χ3n) is 4.00. The molecule has 0 fully saturated rings. The summed E-state index contributed by atoms with van der Waals surface area (Å²) in [5.41, 5.74) is 2.41. The van der Waals surface area contributed by atoms with Gasteiger partial charge in [0.2, 0.25) is 0 Å². The van der Waals surface area contributed by atoms with E-state index < -0.39 is 0 Å². The zero-order valence-electron chi connectivity index (χ0n) is 15.5. The number of hydrogen-bond donors (Lipinski definition) is 1. The highest BCUT2D eigenvalue weighted by Crippen LogP contribution is 2.27. The summed E-state index contributed by atoms with van der Waals surface area (Å²) in [6, 6.07) is 23.8. The Hall–Kier alpha value is -3.78. The summed E-state index contributed by atoms with van der Waals surface area (Å²) in [4.78, 5) is 12.7. The number of hydrogen-bond acceptors (Lipinski definition) is 4. The third-order valence-corrected chi connectivity index (χ3v) is 4.00. The molecule has 3 aromatic rings. The number of carbonyl (C=O) groups excluding carboxylic acids is 1. The predicted molar refractivity (Wildman–Crippen MR) is 107 cm³/mol. The monoisotopic (exact) mass is 372 g/mol. The van der Waals surface area contributed by atoms with Crippen molar-refractivity contribution >= 4 is 11.6 Å². The molecule has 0 atom stereocenters. The van der Waals surface area contributed by atoms with E-state index in [4.69, 9.17) is 14.7 Å². The fourth-order valence-corrected chi connectivity index (χ4v) is 2.64. The Bertz CT molecular complexity index is 994. The van der Waals surface area contributed by atoms with E-state index >= 15 is 0 Å². The number of rotatable bonds is 7. The van der Waals surface area contributed by atoms with Crippen molar-refractivity contribution in [3.05, 3.63) is 89.5 Å². The first-order valence-electron chi connectivity index (χ1n) is 8.94. The smallest absolute Gasteiger partial charge is 0.255 e. The van der Waals surface area contributed by atoms with E-state index in [0.29, 0.717) is 41.5 Å². The quantitative estimate of drug-likeness (QED) is 0.647. The molecule has 0 bridgehead atoms. The van der Waals surface area contributed by atoms with Crippen LogP contribution in [0.5, 0.6) is 11.5 Å². The van der Waals surface area contributed by atoms with E-state index in [2.05, 4.69) is 11.4 Å². The largest absolute Gasteiger partial charge is 0.492 e. The highest BCUT2D eigenvalue weighted by Gasteiger charge is 2.12. The van der Waals surface area contributed by atoms with Crippen LogP contribution in [0.25, 0.3) is 0 Å². The van der Waals surface area contributed by atoms with Gasteiger partial charge in [-0.15, -0.1) is 0 Å². The maximum Gasteiger partial charge on any atom is 0.255 e. The number of nitrogens with zero attached hydrogens (tertiary/aromatic N) is 1. The van der Waals surface area contributed by atoms with E-state index in [-0.39, 0.29) is 5.91 Å².